The predicted molar refractivity (Wildman–Crippen MR) is 70.9 cm³/mol. The van der Waals surface area contributed by atoms with Crippen molar-refractivity contribution in [2.75, 3.05) is 33.7 Å². The highest BCUT2D eigenvalue weighted by atomic mass is 15.1. The van der Waals surface area contributed by atoms with Gasteiger partial charge in [0.25, 0.3) is 0 Å². The third-order valence-electron chi connectivity index (χ3n) is 2.75. The van der Waals surface area contributed by atoms with Crippen molar-refractivity contribution in [1.29, 1.82) is 0 Å². The first-order chi connectivity index (χ1) is 8.19. The van der Waals surface area contributed by atoms with Gasteiger partial charge in [-0.1, -0.05) is 6.92 Å². The molecule has 5 nitrogen and oxygen atoms in total. The lowest BCUT2D eigenvalue weighted by Crippen LogP contribution is -2.34. The summed E-state index contributed by atoms with van der Waals surface area (Å²) in [7, 11) is 4.14. The monoisotopic (exact) mass is 239 g/mol. The number of imidazole rings is 1. The Morgan fingerprint density at radius 3 is 2.88 bits per heavy atom. The molecule has 0 aliphatic carbocycles. The summed E-state index contributed by atoms with van der Waals surface area (Å²) in [6.45, 7) is 5.72. The molecule has 5 heteroatoms. The number of aryl methyl sites for hydroxylation is 1. The first-order valence-electron chi connectivity index (χ1n) is 6.27. The molecule has 1 rings (SSSR count). The highest BCUT2D eigenvalue weighted by Crippen LogP contribution is 2.11. The molecule has 1 aromatic heterocycles. The minimum atomic E-state index is 0.198. The molecular weight excluding hydrogens is 214 g/mol. The van der Waals surface area contributed by atoms with Gasteiger partial charge in [-0.15, -0.1) is 0 Å². The topological polar surface area (TPSA) is 59.1 Å². The van der Waals surface area contributed by atoms with E-state index in [4.69, 9.17) is 5.73 Å². The van der Waals surface area contributed by atoms with Crippen LogP contribution >= 0.6 is 0 Å². The van der Waals surface area contributed by atoms with Crippen molar-refractivity contribution in [3.63, 3.8) is 0 Å². The zero-order valence-electron chi connectivity index (χ0n) is 11.2. The van der Waals surface area contributed by atoms with Crippen LogP contribution < -0.4 is 11.1 Å². The van der Waals surface area contributed by atoms with Gasteiger partial charge in [0.2, 0.25) is 0 Å². The molecule has 0 aliphatic heterocycles. The van der Waals surface area contributed by atoms with Gasteiger partial charge in [-0.25, -0.2) is 4.98 Å². The molecule has 0 radical (unpaired) electrons. The Bertz CT molecular complexity index is 308. The minimum Gasteiger partial charge on any atom is -0.333 e. The quantitative estimate of drug-likeness (QED) is 0.691. The van der Waals surface area contributed by atoms with Gasteiger partial charge in [-0.05, 0) is 20.5 Å². The number of rotatable bonds is 8. The van der Waals surface area contributed by atoms with Crippen molar-refractivity contribution in [3.8, 4) is 0 Å². The van der Waals surface area contributed by atoms with Gasteiger partial charge in [-0.3, -0.25) is 0 Å². The average Bonchev–Trinajstić information content (AvgIpc) is 2.73. The van der Waals surface area contributed by atoms with Gasteiger partial charge in [-0.2, -0.15) is 0 Å². The Hall–Kier alpha value is -0.910. The van der Waals surface area contributed by atoms with E-state index in [0.29, 0.717) is 6.54 Å². The van der Waals surface area contributed by atoms with E-state index in [-0.39, 0.29) is 6.04 Å². The van der Waals surface area contributed by atoms with Crippen LogP contribution in [-0.2, 0) is 6.54 Å². The van der Waals surface area contributed by atoms with E-state index in [0.717, 1.165) is 26.1 Å². The van der Waals surface area contributed by atoms with E-state index in [1.54, 1.807) is 0 Å². The first kappa shape index (κ1) is 14.2. The Balaban J connectivity index is 2.56. The van der Waals surface area contributed by atoms with E-state index in [1.165, 1.54) is 5.69 Å². The van der Waals surface area contributed by atoms with Crippen LogP contribution in [0.25, 0.3) is 0 Å². The summed E-state index contributed by atoms with van der Waals surface area (Å²) in [6.07, 6.45) is 4.91. The van der Waals surface area contributed by atoms with Crippen molar-refractivity contribution < 1.29 is 0 Å². The van der Waals surface area contributed by atoms with E-state index in [2.05, 4.69) is 40.8 Å². The molecule has 98 valence electrons. The van der Waals surface area contributed by atoms with Crippen molar-refractivity contribution in [1.82, 2.24) is 19.8 Å². The largest absolute Gasteiger partial charge is 0.333 e. The maximum absolute atomic E-state index is 5.83. The molecule has 1 atom stereocenters. The molecule has 17 heavy (non-hydrogen) atoms. The molecule has 0 aromatic carbocycles. The van der Waals surface area contributed by atoms with Crippen LogP contribution in [0.2, 0.25) is 0 Å². The third-order valence-corrected chi connectivity index (χ3v) is 2.75. The predicted octanol–water partition coefficient (Wildman–Crippen LogP) is 0.444. The molecule has 1 aromatic rings. The van der Waals surface area contributed by atoms with Gasteiger partial charge >= 0.3 is 0 Å². The highest BCUT2D eigenvalue weighted by molar-refractivity contribution is 5.06. The second-order valence-electron chi connectivity index (χ2n) is 4.56. The van der Waals surface area contributed by atoms with Crippen molar-refractivity contribution in [2.24, 2.45) is 5.73 Å². The number of aromatic nitrogens is 2. The van der Waals surface area contributed by atoms with E-state index >= 15 is 0 Å². The van der Waals surface area contributed by atoms with Gasteiger partial charge in [0.1, 0.15) is 0 Å². The minimum absolute atomic E-state index is 0.198. The fourth-order valence-electron chi connectivity index (χ4n) is 1.82. The van der Waals surface area contributed by atoms with Crippen LogP contribution in [-0.4, -0.2) is 48.2 Å². The lowest BCUT2D eigenvalue weighted by Gasteiger charge is -2.20. The number of hydrogen-bond acceptors (Lipinski definition) is 4. The molecule has 0 fully saturated rings. The van der Waals surface area contributed by atoms with Gasteiger partial charge in [0.05, 0.1) is 18.1 Å². The van der Waals surface area contributed by atoms with Crippen molar-refractivity contribution in [3.05, 3.63) is 18.2 Å². The van der Waals surface area contributed by atoms with Gasteiger partial charge in [0.15, 0.2) is 0 Å². The SMILES string of the molecule is CCCn1cncc1C(CN)NCCN(C)C. The second-order valence-corrected chi connectivity index (χ2v) is 4.56. The van der Waals surface area contributed by atoms with Crippen LogP contribution in [0.5, 0.6) is 0 Å². The summed E-state index contributed by atoms with van der Waals surface area (Å²) in [5.41, 5.74) is 7.02. The van der Waals surface area contributed by atoms with Crippen LogP contribution in [0, 0.1) is 0 Å². The normalized spacial score (nSPS) is 13.2. The molecule has 0 aliphatic rings. The Morgan fingerprint density at radius 1 is 1.53 bits per heavy atom. The smallest absolute Gasteiger partial charge is 0.0948 e. The maximum atomic E-state index is 5.83. The van der Waals surface area contributed by atoms with E-state index < -0.39 is 0 Å². The molecule has 0 spiro atoms. The van der Waals surface area contributed by atoms with Gasteiger partial charge < -0.3 is 20.5 Å². The van der Waals surface area contributed by atoms with E-state index in [1.807, 2.05) is 12.5 Å². The number of likely N-dealkylation sites (N-methyl/N-ethyl adjacent to an activating group) is 1. The molecule has 0 saturated carbocycles. The van der Waals surface area contributed by atoms with Crippen LogP contribution in [0.4, 0.5) is 0 Å². The summed E-state index contributed by atoms with van der Waals surface area (Å²) < 4.78 is 2.18. The van der Waals surface area contributed by atoms with Crippen LogP contribution in [0.15, 0.2) is 12.5 Å². The highest BCUT2D eigenvalue weighted by Gasteiger charge is 2.13. The fourth-order valence-corrected chi connectivity index (χ4v) is 1.82. The Kier molecular flexibility index (Phi) is 6.18. The van der Waals surface area contributed by atoms with Crippen LogP contribution in [0.3, 0.4) is 0 Å². The Morgan fingerprint density at radius 2 is 2.29 bits per heavy atom. The summed E-state index contributed by atoms with van der Waals surface area (Å²) in [5, 5.41) is 3.47. The van der Waals surface area contributed by atoms with Crippen molar-refractivity contribution >= 4 is 0 Å². The molecule has 3 N–H and O–H groups in total. The number of hydrogen-bond donors (Lipinski definition) is 2. The standard InChI is InChI=1S/C12H25N5/c1-4-6-17-10-14-9-12(17)11(8-13)15-5-7-16(2)3/h9-11,15H,4-8,13H2,1-3H3. The van der Waals surface area contributed by atoms with Gasteiger partial charge in [0, 0.05) is 32.4 Å². The first-order valence-corrected chi connectivity index (χ1v) is 6.27. The van der Waals surface area contributed by atoms with Crippen molar-refractivity contribution in [2.45, 2.75) is 25.9 Å². The fraction of sp³-hybridized carbons (Fsp3) is 0.750. The zero-order valence-corrected chi connectivity index (χ0v) is 11.2. The second kappa shape index (κ2) is 7.42. The summed E-state index contributed by atoms with van der Waals surface area (Å²) in [5.74, 6) is 0. The number of nitrogens with zero attached hydrogens (tertiary/aromatic N) is 3. The Labute approximate surface area is 104 Å². The summed E-state index contributed by atoms with van der Waals surface area (Å²) in [6, 6.07) is 0.198. The molecule has 0 bridgehead atoms. The molecule has 0 amide bonds. The molecule has 1 unspecified atom stereocenters. The average molecular weight is 239 g/mol. The number of nitrogens with one attached hydrogen (secondary N) is 1. The zero-order chi connectivity index (χ0) is 12.7. The lowest BCUT2D eigenvalue weighted by molar-refractivity contribution is 0.381. The van der Waals surface area contributed by atoms with E-state index in [9.17, 15) is 0 Å². The number of nitrogens with two attached hydrogens (primary N) is 1. The van der Waals surface area contributed by atoms with Crippen LogP contribution in [0.1, 0.15) is 25.1 Å². The third kappa shape index (κ3) is 4.46. The molecule has 1 heterocycles. The molecule has 0 saturated heterocycles. The maximum Gasteiger partial charge on any atom is 0.0948 e. The summed E-state index contributed by atoms with van der Waals surface area (Å²) in [4.78, 5) is 6.37. The molecular formula is C12H25N5. The summed E-state index contributed by atoms with van der Waals surface area (Å²) >= 11 is 0. The lowest BCUT2D eigenvalue weighted by atomic mass is 10.2.